The maximum atomic E-state index is 12.7. The van der Waals surface area contributed by atoms with E-state index >= 15 is 0 Å². The molecular weight excluding hydrogens is 390 g/mol. The minimum absolute atomic E-state index is 0.0188. The quantitative estimate of drug-likeness (QED) is 0.809. The second kappa shape index (κ2) is 7.51. The van der Waals surface area contributed by atoms with Gasteiger partial charge in [0.05, 0.1) is 11.4 Å². The van der Waals surface area contributed by atoms with Crippen LogP contribution in [0.4, 0.5) is 11.4 Å². The maximum Gasteiger partial charge on any atom is 0.251 e. The van der Waals surface area contributed by atoms with Crippen molar-refractivity contribution in [2.45, 2.75) is 19.8 Å². The molecule has 0 spiro atoms. The molecule has 2 aromatic rings. The number of hydrogen-bond acceptors (Lipinski definition) is 4. The van der Waals surface area contributed by atoms with Gasteiger partial charge in [-0.05, 0) is 48.2 Å². The maximum absolute atomic E-state index is 12.7. The first kappa shape index (κ1) is 19.4. The monoisotopic (exact) mass is 413 g/mol. The van der Waals surface area contributed by atoms with Crippen molar-refractivity contribution in [2.24, 2.45) is 0 Å². The van der Waals surface area contributed by atoms with Gasteiger partial charge >= 0.3 is 0 Å². The molecule has 2 heterocycles. The highest BCUT2D eigenvalue weighted by Gasteiger charge is 2.29. The molecule has 0 unspecified atom stereocenters. The molecule has 1 N–H and O–H groups in total. The Morgan fingerprint density at radius 3 is 2.55 bits per heavy atom. The van der Waals surface area contributed by atoms with Gasteiger partial charge in [0, 0.05) is 37.8 Å². The van der Waals surface area contributed by atoms with Crippen LogP contribution in [0.3, 0.4) is 0 Å². The van der Waals surface area contributed by atoms with Gasteiger partial charge in [0.2, 0.25) is 15.9 Å². The Morgan fingerprint density at radius 1 is 1.00 bits per heavy atom. The van der Waals surface area contributed by atoms with E-state index < -0.39 is 10.0 Å². The molecule has 7 nitrogen and oxygen atoms in total. The topological polar surface area (TPSA) is 86.8 Å². The minimum atomic E-state index is -3.50. The Morgan fingerprint density at radius 2 is 1.76 bits per heavy atom. The molecule has 2 aromatic carbocycles. The first-order valence-corrected chi connectivity index (χ1v) is 11.3. The van der Waals surface area contributed by atoms with Crippen molar-refractivity contribution in [3.8, 4) is 0 Å². The minimum Gasteiger partial charge on any atom is -0.351 e. The van der Waals surface area contributed by atoms with Crippen molar-refractivity contribution in [3.63, 3.8) is 0 Å². The van der Waals surface area contributed by atoms with Gasteiger partial charge in [-0.15, -0.1) is 0 Å². The lowest BCUT2D eigenvalue weighted by Gasteiger charge is -2.19. The summed E-state index contributed by atoms with van der Waals surface area (Å²) in [6, 6.07) is 12.7. The van der Waals surface area contributed by atoms with E-state index in [9.17, 15) is 18.0 Å². The first-order valence-electron chi connectivity index (χ1n) is 9.64. The first-order chi connectivity index (χ1) is 13.9. The number of nitrogens with one attached hydrogen (secondary N) is 1. The Hall–Kier alpha value is -2.87. The molecule has 4 rings (SSSR count). The van der Waals surface area contributed by atoms with Gasteiger partial charge in [0.25, 0.3) is 5.91 Å². The molecule has 8 heteroatoms. The van der Waals surface area contributed by atoms with Crippen LogP contribution in [0, 0.1) is 0 Å². The Balaban J connectivity index is 1.38. The van der Waals surface area contributed by atoms with Crippen LogP contribution in [0.15, 0.2) is 42.5 Å². The smallest absolute Gasteiger partial charge is 0.251 e. The van der Waals surface area contributed by atoms with Crippen molar-refractivity contribution < 1.29 is 18.0 Å². The number of benzene rings is 2. The Kier molecular flexibility index (Phi) is 5.04. The number of anilines is 2. The number of carbonyl (C=O) groups is 2. The lowest BCUT2D eigenvalue weighted by molar-refractivity contribution is -0.116. The molecule has 29 heavy (non-hydrogen) atoms. The van der Waals surface area contributed by atoms with E-state index in [1.807, 2.05) is 24.3 Å². The van der Waals surface area contributed by atoms with Crippen LogP contribution in [-0.4, -0.2) is 45.6 Å². The fraction of sp³-hybridized carbons (Fsp3) is 0.333. The van der Waals surface area contributed by atoms with Gasteiger partial charge in [0.15, 0.2) is 0 Å². The van der Waals surface area contributed by atoms with E-state index in [4.69, 9.17) is 0 Å². The van der Waals surface area contributed by atoms with Crippen LogP contribution < -0.4 is 14.5 Å². The predicted molar refractivity (Wildman–Crippen MR) is 112 cm³/mol. The van der Waals surface area contributed by atoms with E-state index in [-0.39, 0.29) is 24.1 Å². The van der Waals surface area contributed by atoms with Crippen molar-refractivity contribution >= 4 is 33.2 Å². The van der Waals surface area contributed by atoms with Crippen molar-refractivity contribution in [2.75, 3.05) is 34.6 Å². The zero-order chi connectivity index (χ0) is 20.6. The highest BCUT2D eigenvalue weighted by Crippen LogP contribution is 2.30. The highest BCUT2D eigenvalue weighted by molar-refractivity contribution is 7.92. The summed E-state index contributed by atoms with van der Waals surface area (Å²) in [6.45, 7) is 2.61. The van der Waals surface area contributed by atoms with Crippen molar-refractivity contribution in [3.05, 3.63) is 59.2 Å². The second-order valence-electron chi connectivity index (χ2n) is 7.29. The number of nitrogens with zero attached hydrogens (tertiary/aromatic N) is 2. The fourth-order valence-corrected chi connectivity index (χ4v) is 5.40. The molecule has 0 radical (unpaired) electrons. The van der Waals surface area contributed by atoms with E-state index in [0.717, 1.165) is 22.5 Å². The van der Waals surface area contributed by atoms with Crippen LogP contribution >= 0.6 is 0 Å². The molecule has 0 fully saturated rings. The summed E-state index contributed by atoms with van der Waals surface area (Å²) in [4.78, 5) is 25.8. The molecule has 0 saturated heterocycles. The lowest BCUT2D eigenvalue weighted by Crippen LogP contribution is -2.37. The van der Waals surface area contributed by atoms with Crippen LogP contribution in [-0.2, 0) is 27.7 Å². The lowest BCUT2D eigenvalue weighted by atomic mass is 10.1. The van der Waals surface area contributed by atoms with Gasteiger partial charge < -0.3 is 10.2 Å². The Bertz CT molecular complexity index is 1080. The number of hydrogen-bond donors (Lipinski definition) is 1. The molecule has 0 aromatic heterocycles. The highest BCUT2D eigenvalue weighted by atomic mass is 32.2. The third kappa shape index (κ3) is 3.72. The molecule has 0 atom stereocenters. The van der Waals surface area contributed by atoms with Gasteiger partial charge in [-0.2, -0.15) is 0 Å². The number of amides is 2. The van der Waals surface area contributed by atoms with E-state index in [2.05, 4.69) is 5.32 Å². The standard InChI is InChI=1S/C21H23N3O4S/c1-15(25)23-11-8-17-14-18(6-7-19(17)23)21(26)22-10-13-29(27,28)24-12-9-16-4-2-3-5-20(16)24/h2-7,14H,8-13H2,1H3,(H,22,26). The second-order valence-corrected chi connectivity index (χ2v) is 9.30. The predicted octanol–water partition coefficient (Wildman–Crippen LogP) is 1.72. The van der Waals surface area contributed by atoms with Gasteiger partial charge in [-0.3, -0.25) is 13.9 Å². The van der Waals surface area contributed by atoms with Crippen LogP contribution in [0.5, 0.6) is 0 Å². The molecule has 0 aliphatic carbocycles. The summed E-state index contributed by atoms with van der Waals surface area (Å²) in [5.41, 5.74) is 4.02. The Labute approximate surface area is 170 Å². The van der Waals surface area contributed by atoms with E-state index in [1.54, 1.807) is 23.1 Å². The molecule has 152 valence electrons. The molecule has 2 aliphatic rings. The average Bonchev–Trinajstić information content (AvgIpc) is 3.31. The number of para-hydroxylation sites is 1. The third-order valence-corrected chi connectivity index (χ3v) is 7.21. The summed E-state index contributed by atoms with van der Waals surface area (Å²) in [5.74, 6) is -0.489. The zero-order valence-electron chi connectivity index (χ0n) is 16.2. The van der Waals surface area contributed by atoms with Crippen LogP contribution in [0.25, 0.3) is 0 Å². The summed E-state index contributed by atoms with van der Waals surface area (Å²) >= 11 is 0. The summed E-state index contributed by atoms with van der Waals surface area (Å²) < 4.78 is 26.8. The normalized spacial score (nSPS) is 15.2. The summed E-state index contributed by atoms with van der Waals surface area (Å²) in [6.07, 6.45) is 1.41. The summed E-state index contributed by atoms with van der Waals surface area (Å²) in [5, 5.41) is 2.70. The number of rotatable bonds is 5. The van der Waals surface area contributed by atoms with E-state index in [1.165, 1.54) is 11.2 Å². The van der Waals surface area contributed by atoms with Gasteiger partial charge in [0.1, 0.15) is 0 Å². The largest absolute Gasteiger partial charge is 0.351 e. The van der Waals surface area contributed by atoms with Crippen molar-refractivity contribution in [1.29, 1.82) is 0 Å². The third-order valence-electron chi connectivity index (χ3n) is 5.44. The van der Waals surface area contributed by atoms with Gasteiger partial charge in [-0.1, -0.05) is 18.2 Å². The summed E-state index contributed by atoms with van der Waals surface area (Å²) in [7, 11) is -3.50. The van der Waals surface area contributed by atoms with Crippen LogP contribution in [0.2, 0.25) is 0 Å². The SMILES string of the molecule is CC(=O)N1CCc2cc(C(=O)NCCS(=O)(=O)N3CCc4ccccc43)ccc21. The molecule has 2 amide bonds. The van der Waals surface area contributed by atoms with Crippen LogP contribution in [0.1, 0.15) is 28.4 Å². The number of sulfonamides is 1. The molecule has 0 bridgehead atoms. The fourth-order valence-electron chi connectivity index (χ4n) is 3.97. The van der Waals surface area contributed by atoms with Crippen molar-refractivity contribution in [1.82, 2.24) is 5.32 Å². The average molecular weight is 413 g/mol. The molecular formula is C21H23N3O4S. The number of carbonyl (C=O) groups excluding carboxylic acids is 2. The van der Waals surface area contributed by atoms with Gasteiger partial charge in [-0.25, -0.2) is 8.42 Å². The molecule has 2 aliphatic heterocycles. The number of fused-ring (bicyclic) bond motifs is 2. The zero-order valence-corrected chi connectivity index (χ0v) is 17.0. The van der Waals surface area contributed by atoms with E-state index in [0.29, 0.717) is 31.5 Å². The molecule has 0 saturated carbocycles.